The average molecular weight is 440 g/mol. The van der Waals surface area contributed by atoms with E-state index in [-0.39, 0.29) is 17.5 Å². The molecule has 166 valence electrons. The summed E-state index contributed by atoms with van der Waals surface area (Å²) in [5.74, 6) is -1.19. The Labute approximate surface area is 183 Å². The average Bonchev–Trinajstić information content (AvgIpc) is 3.47. The van der Waals surface area contributed by atoms with Gasteiger partial charge in [0.05, 0.1) is 6.04 Å². The van der Waals surface area contributed by atoms with Gasteiger partial charge in [-0.2, -0.15) is 5.10 Å². The van der Waals surface area contributed by atoms with Gasteiger partial charge >= 0.3 is 0 Å². The van der Waals surface area contributed by atoms with E-state index in [1.165, 1.54) is 29.4 Å². The van der Waals surface area contributed by atoms with E-state index in [0.29, 0.717) is 55.7 Å². The maximum atomic E-state index is 13.7. The lowest BCUT2D eigenvalue weighted by molar-refractivity contribution is -0.137. The summed E-state index contributed by atoms with van der Waals surface area (Å²) in [6, 6.07) is 4.32. The van der Waals surface area contributed by atoms with E-state index >= 15 is 0 Å². The molecule has 2 N–H and O–H groups in total. The number of halogens is 2. The van der Waals surface area contributed by atoms with Gasteiger partial charge in [-0.1, -0.05) is 0 Å². The third-order valence-corrected chi connectivity index (χ3v) is 6.60. The van der Waals surface area contributed by atoms with Crippen molar-refractivity contribution >= 4 is 24.0 Å². The number of carbonyl (C=O) groups is 2. The predicted octanol–water partition coefficient (Wildman–Crippen LogP) is 2.28. The standard InChI is InChI=1S/C22H22F2N6O2/c23-16-7-12(8-17(24)9-16)19-2-4-27-30(19)21(32)13-5-14-10-29(11-15(14)6-13)22-26-3-1-18(28-22)20(25)31/h1,3-4,7-9,13-15,19H,2,5-6,10-11H2,(H2,25,31)/t13-,14-,15+,19-/m1/s1. The third kappa shape index (κ3) is 3.69. The largest absolute Gasteiger partial charge is 0.364 e. The highest BCUT2D eigenvalue weighted by atomic mass is 19.1. The first kappa shape index (κ1) is 20.5. The number of hydrogen-bond donors (Lipinski definition) is 1. The Bertz CT molecular complexity index is 1080. The van der Waals surface area contributed by atoms with Gasteiger partial charge in [0.2, 0.25) is 11.9 Å². The Kier molecular flexibility index (Phi) is 5.07. The summed E-state index contributed by atoms with van der Waals surface area (Å²) in [6.07, 6.45) is 4.96. The first-order chi connectivity index (χ1) is 15.4. The number of benzene rings is 1. The molecule has 0 bridgehead atoms. The van der Waals surface area contributed by atoms with Crippen molar-refractivity contribution < 1.29 is 18.4 Å². The Balaban J connectivity index is 1.26. The zero-order valence-electron chi connectivity index (χ0n) is 17.2. The van der Waals surface area contributed by atoms with E-state index in [9.17, 15) is 18.4 Å². The minimum absolute atomic E-state index is 0.110. The SMILES string of the molecule is NC(=O)c1ccnc(N2C[C@H]3C[C@@H](C(=O)N4N=CC[C@@H]4c4cc(F)cc(F)c4)C[C@H]3C2)n1. The number of hydrogen-bond acceptors (Lipinski definition) is 6. The molecule has 2 aliphatic heterocycles. The minimum atomic E-state index is -0.669. The molecule has 1 saturated carbocycles. The molecule has 8 nitrogen and oxygen atoms in total. The second kappa shape index (κ2) is 7.92. The third-order valence-electron chi connectivity index (χ3n) is 6.60. The van der Waals surface area contributed by atoms with Crippen molar-refractivity contribution in [2.24, 2.45) is 28.6 Å². The minimum Gasteiger partial charge on any atom is -0.364 e. The fraction of sp³-hybridized carbons (Fsp3) is 0.409. The highest BCUT2D eigenvalue weighted by molar-refractivity contribution is 5.90. The van der Waals surface area contributed by atoms with Crippen molar-refractivity contribution in [3.8, 4) is 0 Å². The smallest absolute Gasteiger partial charge is 0.267 e. The van der Waals surface area contributed by atoms with Gasteiger partial charge in [-0.05, 0) is 48.4 Å². The number of nitrogens with two attached hydrogens (primary N) is 1. The van der Waals surface area contributed by atoms with E-state index in [1.54, 1.807) is 6.21 Å². The highest BCUT2D eigenvalue weighted by Crippen LogP contribution is 2.44. The molecule has 0 radical (unpaired) electrons. The Morgan fingerprint density at radius 3 is 2.41 bits per heavy atom. The summed E-state index contributed by atoms with van der Waals surface area (Å²) in [5, 5.41) is 5.61. The predicted molar refractivity (Wildman–Crippen MR) is 112 cm³/mol. The summed E-state index contributed by atoms with van der Waals surface area (Å²) in [4.78, 5) is 35.2. The zero-order chi connectivity index (χ0) is 22.4. The number of aromatic nitrogens is 2. The van der Waals surface area contributed by atoms with Gasteiger partial charge in [0.25, 0.3) is 5.91 Å². The fourth-order valence-electron chi connectivity index (χ4n) is 5.16. The van der Waals surface area contributed by atoms with Crippen molar-refractivity contribution in [3.05, 3.63) is 53.4 Å². The summed E-state index contributed by atoms with van der Waals surface area (Å²) < 4.78 is 27.4. The van der Waals surface area contributed by atoms with Gasteiger partial charge in [0.1, 0.15) is 17.3 Å². The summed E-state index contributed by atoms with van der Waals surface area (Å²) in [6.45, 7) is 1.39. The first-order valence-electron chi connectivity index (χ1n) is 10.6. The van der Waals surface area contributed by atoms with Crippen molar-refractivity contribution in [2.75, 3.05) is 18.0 Å². The Morgan fingerprint density at radius 1 is 1.06 bits per heavy atom. The number of fused-ring (bicyclic) bond motifs is 1. The van der Waals surface area contributed by atoms with Crippen molar-refractivity contribution in [2.45, 2.75) is 25.3 Å². The lowest BCUT2D eigenvalue weighted by Crippen LogP contribution is -2.33. The topological polar surface area (TPSA) is 105 Å². The zero-order valence-corrected chi connectivity index (χ0v) is 17.2. The first-order valence-corrected chi connectivity index (χ1v) is 10.6. The normalized spacial score (nSPS) is 26.6. The van der Waals surface area contributed by atoms with Gasteiger partial charge in [0.15, 0.2) is 0 Å². The van der Waals surface area contributed by atoms with Gasteiger partial charge in [-0.3, -0.25) is 9.59 Å². The number of anilines is 1. The number of primary amides is 1. The fourth-order valence-corrected chi connectivity index (χ4v) is 5.16. The van der Waals surface area contributed by atoms with E-state index < -0.39 is 23.6 Å². The number of amides is 2. The molecule has 32 heavy (non-hydrogen) atoms. The van der Waals surface area contributed by atoms with Crippen LogP contribution in [-0.4, -0.2) is 46.1 Å². The molecule has 10 heteroatoms. The molecule has 2 aromatic rings. The lowest BCUT2D eigenvalue weighted by atomic mass is 10.0. The molecular formula is C22H22F2N6O2. The Hall–Kier alpha value is -3.43. The second-order valence-corrected chi connectivity index (χ2v) is 8.63. The van der Waals surface area contributed by atoms with Gasteiger partial charge in [0, 0.05) is 43.9 Å². The van der Waals surface area contributed by atoms with Crippen LogP contribution in [0.25, 0.3) is 0 Å². The number of nitrogens with zero attached hydrogens (tertiary/aromatic N) is 5. The van der Waals surface area contributed by atoms with Crippen LogP contribution in [0.2, 0.25) is 0 Å². The molecule has 1 aliphatic carbocycles. The van der Waals surface area contributed by atoms with E-state index in [0.717, 1.165) is 6.07 Å². The van der Waals surface area contributed by atoms with Gasteiger partial charge < -0.3 is 10.6 Å². The van der Waals surface area contributed by atoms with Crippen molar-refractivity contribution in [1.29, 1.82) is 0 Å². The van der Waals surface area contributed by atoms with Crippen LogP contribution in [0, 0.1) is 29.4 Å². The number of rotatable bonds is 4. The van der Waals surface area contributed by atoms with Gasteiger partial charge in [-0.25, -0.2) is 23.8 Å². The maximum Gasteiger partial charge on any atom is 0.267 e. The second-order valence-electron chi connectivity index (χ2n) is 8.63. The van der Waals surface area contributed by atoms with Crippen LogP contribution in [0.15, 0.2) is 35.6 Å². The molecule has 5 rings (SSSR count). The van der Waals surface area contributed by atoms with E-state index in [2.05, 4.69) is 15.1 Å². The highest BCUT2D eigenvalue weighted by Gasteiger charge is 2.46. The van der Waals surface area contributed by atoms with Crippen LogP contribution in [0.3, 0.4) is 0 Å². The molecule has 2 fully saturated rings. The van der Waals surface area contributed by atoms with Crippen LogP contribution < -0.4 is 10.6 Å². The monoisotopic (exact) mass is 440 g/mol. The van der Waals surface area contributed by atoms with Gasteiger partial charge in [-0.15, -0.1) is 0 Å². The molecule has 1 aromatic heterocycles. The van der Waals surface area contributed by atoms with Crippen LogP contribution in [0.5, 0.6) is 0 Å². The molecule has 1 aromatic carbocycles. The maximum absolute atomic E-state index is 13.7. The number of carbonyl (C=O) groups excluding carboxylic acids is 2. The molecule has 4 atom stereocenters. The molecule has 2 amide bonds. The molecule has 3 aliphatic rings. The van der Waals surface area contributed by atoms with Crippen LogP contribution in [-0.2, 0) is 4.79 Å². The van der Waals surface area contributed by atoms with Crippen LogP contribution >= 0.6 is 0 Å². The molecule has 3 heterocycles. The molecule has 1 saturated heterocycles. The molecule has 0 unspecified atom stereocenters. The lowest BCUT2D eigenvalue weighted by Gasteiger charge is -2.26. The summed E-state index contributed by atoms with van der Waals surface area (Å²) in [5.41, 5.74) is 5.89. The quantitative estimate of drug-likeness (QED) is 0.785. The summed E-state index contributed by atoms with van der Waals surface area (Å²) in [7, 11) is 0. The molecular weight excluding hydrogens is 418 g/mol. The van der Waals surface area contributed by atoms with Crippen LogP contribution in [0.4, 0.5) is 14.7 Å². The number of hydrazone groups is 1. The van der Waals surface area contributed by atoms with E-state index in [4.69, 9.17) is 5.73 Å². The van der Waals surface area contributed by atoms with Crippen molar-refractivity contribution in [3.63, 3.8) is 0 Å². The summed E-state index contributed by atoms with van der Waals surface area (Å²) >= 11 is 0. The van der Waals surface area contributed by atoms with Crippen molar-refractivity contribution in [1.82, 2.24) is 15.0 Å². The van der Waals surface area contributed by atoms with Crippen LogP contribution in [0.1, 0.15) is 41.4 Å². The van der Waals surface area contributed by atoms with E-state index in [1.807, 2.05) is 4.90 Å². The Morgan fingerprint density at radius 2 is 1.75 bits per heavy atom. The molecule has 0 spiro atoms.